The number of benzene rings is 2. The van der Waals surface area contributed by atoms with Gasteiger partial charge in [0.05, 0.1) is 23.1 Å². The molecule has 3 rings (SSSR count). The van der Waals surface area contributed by atoms with Gasteiger partial charge in [0.1, 0.15) is 5.75 Å². The van der Waals surface area contributed by atoms with Crippen LogP contribution < -0.4 is 10.1 Å². The van der Waals surface area contributed by atoms with Crippen molar-refractivity contribution in [3.8, 4) is 5.75 Å². The number of carbonyl (C=O) groups is 1. The van der Waals surface area contributed by atoms with Crippen molar-refractivity contribution in [3.63, 3.8) is 0 Å². The molecule has 1 N–H and O–H groups in total. The standard InChI is InChI=1S/C22H27ClN2O4S/c1-2-29-21-13-12-19(14-20(21)23)30(27,28)25(15-17-8-4-3-5-9-17)16-22(26)24-18-10-6-7-11-18/h3-5,8-9,12-14,18H,2,6-7,10-11,15-16H2,1H3,(H,24,26). The molecule has 1 aliphatic rings. The fraction of sp³-hybridized carbons (Fsp3) is 0.409. The van der Waals surface area contributed by atoms with Gasteiger partial charge in [-0.3, -0.25) is 4.79 Å². The second-order valence-corrected chi connectivity index (χ2v) is 9.68. The van der Waals surface area contributed by atoms with Gasteiger partial charge in [-0.05, 0) is 43.5 Å². The van der Waals surface area contributed by atoms with Gasteiger partial charge in [-0.15, -0.1) is 0 Å². The average Bonchev–Trinajstić information content (AvgIpc) is 3.22. The van der Waals surface area contributed by atoms with Gasteiger partial charge >= 0.3 is 0 Å². The molecule has 0 radical (unpaired) electrons. The van der Waals surface area contributed by atoms with Crippen LogP contribution in [0.25, 0.3) is 0 Å². The van der Waals surface area contributed by atoms with Crippen molar-refractivity contribution >= 4 is 27.5 Å². The molecule has 6 nitrogen and oxygen atoms in total. The number of ether oxygens (including phenoxy) is 1. The average molecular weight is 451 g/mol. The number of hydrogen-bond acceptors (Lipinski definition) is 4. The Morgan fingerprint density at radius 2 is 1.87 bits per heavy atom. The first kappa shape index (κ1) is 22.6. The van der Waals surface area contributed by atoms with Crippen molar-refractivity contribution in [2.75, 3.05) is 13.2 Å². The Kier molecular flexibility index (Phi) is 7.75. The van der Waals surface area contributed by atoms with Crippen LogP contribution >= 0.6 is 11.6 Å². The van der Waals surface area contributed by atoms with E-state index < -0.39 is 10.0 Å². The van der Waals surface area contributed by atoms with Crippen molar-refractivity contribution in [2.24, 2.45) is 0 Å². The summed E-state index contributed by atoms with van der Waals surface area (Å²) < 4.78 is 33.3. The van der Waals surface area contributed by atoms with E-state index in [1.54, 1.807) is 0 Å². The number of hydrogen-bond donors (Lipinski definition) is 1. The molecular formula is C22H27ClN2O4S. The molecule has 0 saturated heterocycles. The maximum atomic E-state index is 13.4. The summed E-state index contributed by atoms with van der Waals surface area (Å²) in [6, 6.07) is 13.7. The van der Waals surface area contributed by atoms with Crippen LogP contribution in [0.4, 0.5) is 0 Å². The maximum absolute atomic E-state index is 13.4. The van der Waals surface area contributed by atoms with E-state index in [9.17, 15) is 13.2 Å². The lowest BCUT2D eigenvalue weighted by Crippen LogP contribution is -2.43. The normalized spacial score (nSPS) is 14.8. The molecule has 0 heterocycles. The first-order valence-electron chi connectivity index (χ1n) is 10.2. The Morgan fingerprint density at radius 1 is 1.17 bits per heavy atom. The summed E-state index contributed by atoms with van der Waals surface area (Å²) in [5.74, 6) is 0.130. The minimum atomic E-state index is -3.95. The van der Waals surface area contributed by atoms with Crippen LogP contribution in [-0.4, -0.2) is 37.8 Å². The van der Waals surface area contributed by atoms with Crippen molar-refractivity contribution in [1.29, 1.82) is 0 Å². The first-order valence-corrected chi connectivity index (χ1v) is 12.0. The molecule has 30 heavy (non-hydrogen) atoms. The van der Waals surface area contributed by atoms with Gasteiger partial charge < -0.3 is 10.1 Å². The SMILES string of the molecule is CCOc1ccc(S(=O)(=O)N(CC(=O)NC2CCCC2)Cc2ccccc2)cc1Cl. The zero-order chi connectivity index (χ0) is 21.6. The number of rotatable bonds is 9. The molecule has 1 saturated carbocycles. The van der Waals surface area contributed by atoms with Gasteiger partial charge in [0, 0.05) is 12.6 Å². The van der Waals surface area contributed by atoms with Gasteiger partial charge in [-0.25, -0.2) is 8.42 Å². The highest BCUT2D eigenvalue weighted by molar-refractivity contribution is 7.89. The Morgan fingerprint density at radius 3 is 2.50 bits per heavy atom. The summed E-state index contributed by atoms with van der Waals surface area (Å²) in [5.41, 5.74) is 0.798. The lowest BCUT2D eigenvalue weighted by atomic mass is 10.2. The van der Waals surface area contributed by atoms with E-state index in [1.165, 1.54) is 22.5 Å². The lowest BCUT2D eigenvalue weighted by Gasteiger charge is -2.23. The lowest BCUT2D eigenvalue weighted by molar-refractivity contribution is -0.122. The molecule has 1 aliphatic carbocycles. The smallest absolute Gasteiger partial charge is 0.243 e. The van der Waals surface area contributed by atoms with E-state index >= 15 is 0 Å². The van der Waals surface area contributed by atoms with Gasteiger partial charge in [0.25, 0.3) is 0 Å². The number of halogens is 1. The van der Waals surface area contributed by atoms with Crippen molar-refractivity contribution in [3.05, 3.63) is 59.1 Å². The Balaban J connectivity index is 1.85. The summed E-state index contributed by atoms with van der Waals surface area (Å²) in [6.07, 6.45) is 4.04. The quantitative estimate of drug-likeness (QED) is 0.626. The molecule has 0 aliphatic heterocycles. The minimum absolute atomic E-state index is 0.0283. The number of amides is 1. The van der Waals surface area contributed by atoms with E-state index in [-0.39, 0.29) is 35.0 Å². The van der Waals surface area contributed by atoms with Crippen LogP contribution in [0.15, 0.2) is 53.4 Å². The molecule has 162 valence electrons. The molecule has 1 amide bonds. The number of carbonyl (C=O) groups excluding carboxylic acids is 1. The molecule has 0 unspecified atom stereocenters. The zero-order valence-corrected chi connectivity index (χ0v) is 18.6. The Labute approximate surface area is 183 Å². The van der Waals surface area contributed by atoms with Gasteiger partial charge in [-0.1, -0.05) is 54.8 Å². The molecule has 1 fully saturated rings. The van der Waals surface area contributed by atoms with Crippen LogP contribution in [0.2, 0.25) is 5.02 Å². The van der Waals surface area contributed by atoms with Crippen LogP contribution in [-0.2, 0) is 21.4 Å². The van der Waals surface area contributed by atoms with E-state index in [2.05, 4.69) is 5.32 Å². The highest BCUT2D eigenvalue weighted by Crippen LogP contribution is 2.29. The second kappa shape index (κ2) is 10.3. The third-order valence-corrected chi connectivity index (χ3v) is 7.17. The van der Waals surface area contributed by atoms with Gasteiger partial charge in [0.15, 0.2) is 0 Å². The third kappa shape index (κ3) is 5.74. The third-order valence-electron chi connectivity index (χ3n) is 5.08. The van der Waals surface area contributed by atoms with E-state index in [0.29, 0.717) is 12.4 Å². The monoisotopic (exact) mass is 450 g/mol. The molecule has 2 aromatic rings. The number of nitrogens with one attached hydrogen (secondary N) is 1. The molecule has 2 aromatic carbocycles. The summed E-state index contributed by atoms with van der Waals surface area (Å²) in [6.45, 7) is 2.09. The minimum Gasteiger partial charge on any atom is -0.492 e. The Hall–Kier alpha value is -2.09. The second-order valence-electron chi connectivity index (χ2n) is 7.33. The fourth-order valence-corrected chi connectivity index (χ4v) is 5.29. The Bertz CT molecular complexity index is 960. The first-order chi connectivity index (χ1) is 14.4. The van der Waals surface area contributed by atoms with E-state index in [0.717, 1.165) is 31.2 Å². The van der Waals surface area contributed by atoms with Crippen molar-refractivity contribution in [1.82, 2.24) is 9.62 Å². The summed E-state index contributed by atoms with van der Waals surface area (Å²) >= 11 is 6.21. The summed E-state index contributed by atoms with van der Waals surface area (Å²) in [4.78, 5) is 12.6. The van der Waals surface area contributed by atoms with Gasteiger partial charge in [0.2, 0.25) is 15.9 Å². The number of nitrogens with zero attached hydrogens (tertiary/aromatic N) is 1. The van der Waals surface area contributed by atoms with Crippen LogP contribution in [0.3, 0.4) is 0 Å². The highest BCUT2D eigenvalue weighted by Gasteiger charge is 2.29. The molecule has 8 heteroatoms. The van der Waals surface area contributed by atoms with E-state index in [1.807, 2.05) is 37.3 Å². The van der Waals surface area contributed by atoms with Crippen molar-refractivity contribution < 1.29 is 17.9 Å². The predicted molar refractivity (Wildman–Crippen MR) is 117 cm³/mol. The van der Waals surface area contributed by atoms with Crippen molar-refractivity contribution in [2.45, 2.75) is 50.1 Å². The summed E-state index contributed by atoms with van der Waals surface area (Å²) in [5, 5.41) is 3.18. The topological polar surface area (TPSA) is 75.7 Å². The number of sulfonamides is 1. The van der Waals surface area contributed by atoms with E-state index in [4.69, 9.17) is 16.3 Å². The predicted octanol–water partition coefficient (Wildman–Crippen LogP) is 3.99. The molecule has 0 aromatic heterocycles. The molecular weight excluding hydrogens is 424 g/mol. The molecule has 0 bridgehead atoms. The summed E-state index contributed by atoms with van der Waals surface area (Å²) in [7, 11) is -3.95. The highest BCUT2D eigenvalue weighted by atomic mass is 35.5. The van der Waals surface area contributed by atoms with Crippen LogP contribution in [0, 0.1) is 0 Å². The fourth-order valence-electron chi connectivity index (χ4n) is 3.58. The van der Waals surface area contributed by atoms with Gasteiger partial charge in [-0.2, -0.15) is 4.31 Å². The maximum Gasteiger partial charge on any atom is 0.243 e. The van der Waals surface area contributed by atoms with Crippen LogP contribution in [0.5, 0.6) is 5.75 Å². The zero-order valence-electron chi connectivity index (χ0n) is 17.0. The van der Waals surface area contributed by atoms with Crippen LogP contribution in [0.1, 0.15) is 38.2 Å². The molecule has 0 atom stereocenters. The largest absolute Gasteiger partial charge is 0.492 e. The molecule has 0 spiro atoms.